The quantitative estimate of drug-likeness (QED) is 0.564. The lowest BCUT2D eigenvalue weighted by Gasteiger charge is -2.28. The highest BCUT2D eigenvalue weighted by molar-refractivity contribution is 6.07. The summed E-state index contributed by atoms with van der Waals surface area (Å²) in [5.74, 6) is -5.46. The van der Waals surface area contributed by atoms with Crippen LogP contribution in [-0.4, -0.2) is 49.3 Å². The molecule has 0 aromatic carbocycles. The second kappa shape index (κ2) is 6.78. The van der Waals surface area contributed by atoms with Crippen molar-refractivity contribution in [2.75, 3.05) is 17.2 Å². The summed E-state index contributed by atoms with van der Waals surface area (Å²) in [6.45, 7) is 1.36. The average molecular weight is 471 g/mol. The van der Waals surface area contributed by atoms with Crippen molar-refractivity contribution in [1.82, 2.24) is 24.7 Å². The van der Waals surface area contributed by atoms with Gasteiger partial charge in [0, 0.05) is 19.5 Å². The molecule has 3 aromatic heterocycles. The van der Waals surface area contributed by atoms with E-state index in [0.29, 0.717) is 24.3 Å². The minimum Gasteiger partial charge on any atom is -0.370 e. The Kier molecular flexibility index (Phi) is 4.39. The number of carbonyl (C=O) groups is 1. The van der Waals surface area contributed by atoms with Crippen molar-refractivity contribution < 1.29 is 31.1 Å². The maximum Gasteiger partial charge on any atom is 0.453 e. The summed E-state index contributed by atoms with van der Waals surface area (Å²) < 4.78 is 79.4. The van der Waals surface area contributed by atoms with E-state index in [2.05, 4.69) is 30.7 Å². The molecule has 0 bridgehead atoms. The topological polar surface area (TPSA) is 97.6 Å². The number of nitrogens with one attached hydrogen (secondary N) is 2. The van der Waals surface area contributed by atoms with Crippen LogP contribution < -0.4 is 10.6 Å². The van der Waals surface area contributed by atoms with Crippen LogP contribution in [0.3, 0.4) is 0 Å². The number of aromatic nitrogens is 5. The lowest BCUT2D eigenvalue weighted by molar-refractivity contribution is -0.285. The molecule has 5 heterocycles. The molecule has 2 aliphatic rings. The molecule has 0 aliphatic carbocycles. The molecule has 0 radical (unpaired) electrons. The predicted molar refractivity (Wildman–Crippen MR) is 103 cm³/mol. The molecule has 0 saturated heterocycles. The predicted octanol–water partition coefficient (Wildman–Crippen LogP) is 3.64. The molecule has 1 atom stereocenters. The van der Waals surface area contributed by atoms with Gasteiger partial charge in [0.1, 0.15) is 23.1 Å². The summed E-state index contributed by atoms with van der Waals surface area (Å²) in [4.78, 5) is 25.0. The molecule has 174 valence electrons. The van der Waals surface area contributed by atoms with Crippen LogP contribution in [0.15, 0.2) is 12.3 Å². The first-order valence-electron chi connectivity index (χ1n) is 9.85. The van der Waals surface area contributed by atoms with Gasteiger partial charge in [-0.2, -0.15) is 27.1 Å². The molecule has 0 fully saturated rings. The van der Waals surface area contributed by atoms with E-state index in [1.54, 1.807) is 6.92 Å². The maximum absolute atomic E-state index is 13.9. The highest BCUT2D eigenvalue weighted by Crippen LogP contribution is 2.46. The molecule has 2 N–H and O–H groups in total. The molecule has 8 nitrogen and oxygen atoms in total. The molecule has 33 heavy (non-hydrogen) atoms. The second-order valence-electron chi connectivity index (χ2n) is 8.13. The van der Waals surface area contributed by atoms with E-state index < -0.39 is 36.3 Å². The van der Waals surface area contributed by atoms with E-state index >= 15 is 0 Å². The second-order valence-corrected chi connectivity index (χ2v) is 8.13. The van der Waals surface area contributed by atoms with Crippen LogP contribution in [0.4, 0.5) is 38.0 Å². The van der Waals surface area contributed by atoms with Crippen molar-refractivity contribution in [3.63, 3.8) is 0 Å². The summed E-state index contributed by atoms with van der Waals surface area (Å²) in [5.41, 5.74) is -0.432. The molecule has 0 saturated carbocycles. The number of nitrogens with zero attached hydrogens (tertiary/aromatic N) is 5. The standard InChI is InChI=1S/C19H15F6N7O/c1-17-2-4-26-12-10(17)13(30-16(17)33)29-14(28-12)11-9-6-8(20)7-27-15(9)32(31-11)5-3-18(21,22)19(23,24)25/h6-7H,2-5H2,1H3,(H2,26,28,29,30,33)/t17-/m0/s1. The molecule has 2 aliphatic heterocycles. The number of amides is 1. The average Bonchev–Trinajstić information content (AvgIpc) is 3.21. The van der Waals surface area contributed by atoms with E-state index in [4.69, 9.17) is 0 Å². The molecule has 1 amide bonds. The van der Waals surface area contributed by atoms with Crippen molar-refractivity contribution in [3.05, 3.63) is 23.6 Å². The lowest BCUT2D eigenvalue weighted by atomic mass is 9.79. The monoisotopic (exact) mass is 471 g/mol. The van der Waals surface area contributed by atoms with Crippen LogP contribution in [0.1, 0.15) is 25.3 Å². The first-order chi connectivity index (χ1) is 15.4. The number of fused-ring (bicyclic) bond motifs is 1. The van der Waals surface area contributed by atoms with Crippen molar-refractivity contribution in [2.24, 2.45) is 0 Å². The smallest absolute Gasteiger partial charge is 0.370 e. The Balaban J connectivity index is 1.61. The van der Waals surface area contributed by atoms with E-state index in [-0.39, 0.29) is 34.3 Å². The zero-order valence-electron chi connectivity index (χ0n) is 16.9. The Hall–Kier alpha value is -3.45. The maximum atomic E-state index is 13.9. The number of hydrogen-bond donors (Lipinski definition) is 2. The number of aryl methyl sites for hydroxylation is 1. The Morgan fingerprint density at radius 1 is 1.18 bits per heavy atom. The summed E-state index contributed by atoms with van der Waals surface area (Å²) in [6.07, 6.45) is -5.99. The van der Waals surface area contributed by atoms with E-state index in [1.165, 1.54) is 0 Å². The van der Waals surface area contributed by atoms with Crippen LogP contribution in [0, 0.1) is 5.82 Å². The minimum absolute atomic E-state index is 0.0281. The van der Waals surface area contributed by atoms with Crippen molar-refractivity contribution in [2.45, 2.75) is 43.8 Å². The van der Waals surface area contributed by atoms with Gasteiger partial charge in [-0.1, -0.05) is 0 Å². The number of pyridine rings is 1. The van der Waals surface area contributed by atoms with E-state index in [1.807, 2.05) is 0 Å². The van der Waals surface area contributed by atoms with Gasteiger partial charge >= 0.3 is 12.1 Å². The Morgan fingerprint density at radius 3 is 2.64 bits per heavy atom. The van der Waals surface area contributed by atoms with Gasteiger partial charge in [-0.15, -0.1) is 0 Å². The zero-order chi connectivity index (χ0) is 23.8. The van der Waals surface area contributed by atoms with Crippen LogP contribution >= 0.6 is 0 Å². The van der Waals surface area contributed by atoms with Crippen LogP contribution in [0.25, 0.3) is 22.6 Å². The van der Waals surface area contributed by atoms with Gasteiger partial charge in [0.05, 0.1) is 22.6 Å². The minimum atomic E-state index is -5.72. The summed E-state index contributed by atoms with van der Waals surface area (Å²) in [5, 5.41) is 9.85. The summed E-state index contributed by atoms with van der Waals surface area (Å²) >= 11 is 0. The van der Waals surface area contributed by atoms with E-state index in [9.17, 15) is 31.1 Å². The highest BCUT2D eigenvalue weighted by atomic mass is 19.4. The van der Waals surface area contributed by atoms with Gasteiger partial charge in [0.15, 0.2) is 11.5 Å². The first kappa shape index (κ1) is 21.4. The Bertz CT molecular complexity index is 1300. The number of hydrogen-bond acceptors (Lipinski definition) is 6. The molecular formula is C19H15F6N7O. The van der Waals surface area contributed by atoms with Gasteiger partial charge in [0.2, 0.25) is 5.91 Å². The Morgan fingerprint density at radius 2 is 1.91 bits per heavy atom. The van der Waals surface area contributed by atoms with Gasteiger partial charge < -0.3 is 10.6 Å². The third kappa shape index (κ3) is 3.18. The number of carbonyl (C=O) groups excluding carboxylic acids is 1. The summed E-state index contributed by atoms with van der Waals surface area (Å²) in [6, 6.07) is 1.02. The molecule has 5 rings (SSSR count). The first-order valence-corrected chi connectivity index (χ1v) is 9.85. The normalized spacial score (nSPS) is 20.0. The van der Waals surface area contributed by atoms with Gasteiger partial charge in [-0.25, -0.2) is 24.0 Å². The molecule has 3 aromatic rings. The van der Waals surface area contributed by atoms with E-state index in [0.717, 1.165) is 16.9 Å². The van der Waals surface area contributed by atoms with Gasteiger partial charge in [-0.05, 0) is 19.4 Å². The number of alkyl halides is 5. The van der Waals surface area contributed by atoms with Gasteiger partial charge in [-0.3, -0.25) is 4.79 Å². The van der Waals surface area contributed by atoms with Crippen LogP contribution in [0.2, 0.25) is 0 Å². The SMILES string of the molecule is C[C@]12CCNc3nc(-c4nn(CCC(F)(F)C(F)(F)F)c5ncc(F)cc45)nc(c31)NC2=O. The van der Waals surface area contributed by atoms with Crippen molar-refractivity contribution in [3.8, 4) is 11.5 Å². The number of rotatable bonds is 4. The van der Waals surface area contributed by atoms with Gasteiger partial charge in [0.25, 0.3) is 0 Å². The van der Waals surface area contributed by atoms with Crippen LogP contribution in [-0.2, 0) is 16.8 Å². The molecule has 0 unspecified atom stereocenters. The van der Waals surface area contributed by atoms with Crippen molar-refractivity contribution >= 4 is 28.6 Å². The van der Waals surface area contributed by atoms with Crippen LogP contribution in [0.5, 0.6) is 0 Å². The molecular weight excluding hydrogens is 456 g/mol. The molecule has 14 heteroatoms. The Labute approximate surface area is 181 Å². The third-order valence-electron chi connectivity index (χ3n) is 5.93. The largest absolute Gasteiger partial charge is 0.453 e. The third-order valence-corrected chi connectivity index (χ3v) is 5.93. The number of anilines is 2. The number of halogens is 6. The molecule has 0 spiro atoms. The summed E-state index contributed by atoms with van der Waals surface area (Å²) in [7, 11) is 0. The fraction of sp³-hybridized carbons (Fsp3) is 0.421. The van der Waals surface area contributed by atoms with Crippen molar-refractivity contribution in [1.29, 1.82) is 0 Å². The fourth-order valence-electron chi connectivity index (χ4n) is 4.08. The highest BCUT2D eigenvalue weighted by Gasteiger charge is 2.57. The zero-order valence-corrected chi connectivity index (χ0v) is 16.9. The lowest BCUT2D eigenvalue weighted by Crippen LogP contribution is -2.37. The fourth-order valence-corrected chi connectivity index (χ4v) is 4.08.